The van der Waals surface area contributed by atoms with Crippen LogP contribution >= 0.6 is 11.6 Å². The van der Waals surface area contributed by atoms with E-state index >= 15 is 0 Å². The number of halogens is 1. The molecule has 0 bridgehead atoms. The molecule has 22 heavy (non-hydrogen) atoms. The molecule has 2 rings (SSSR count). The van der Waals surface area contributed by atoms with E-state index in [0.29, 0.717) is 0 Å². The van der Waals surface area contributed by atoms with Crippen molar-refractivity contribution in [1.29, 1.82) is 0 Å². The molecule has 0 atom stereocenters. The highest BCUT2D eigenvalue weighted by Crippen LogP contribution is 2.20. The molecule has 124 valence electrons. The third-order valence-electron chi connectivity index (χ3n) is 3.49. The molecule has 6 nitrogen and oxygen atoms in total. The summed E-state index contributed by atoms with van der Waals surface area (Å²) in [6.07, 6.45) is 3.72. The third-order valence-corrected chi connectivity index (χ3v) is 6.89. The van der Waals surface area contributed by atoms with Gasteiger partial charge in [-0.1, -0.05) is 36.6 Å². The zero-order valence-corrected chi connectivity index (χ0v) is 14.3. The molecule has 1 aromatic carbocycles. The Morgan fingerprint density at radius 2 is 1.73 bits per heavy atom. The van der Waals surface area contributed by atoms with Crippen molar-refractivity contribution in [2.75, 3.05) is 12.3 Å². The summed E-state index contributed by atoms with van der Waals surface area (Å²) >= 11 is 5.84. The lowest BCUT2D eigenvalue weighted by molar-refractivity contribution is 0.550. The molecule has 0 amide bonds. The van der Waals surface area contributed by atoms with E-state index in [-0.39, 0.29) is 28.3 Å². The maximum absolute atomic E-state index is 12.1. The van der Waals surface area contributed by atoms with Crippen molar-refractivity contribution in [3.63, 3.8) is 0 Å². The van der Waals surface area contributed by atoms with Crippen molar-refractivity contribution >= 4 is 31.6 Å². The fraction of sp³-hybridized carbons (Fsp3) is 0.538. The van der Waals surface area contributed by atoms with Crippen LogP contribution in [0.25, 0.3) is 0 Å². The molecule has 0 saturated heterocycles. The molecule has 0 spiro atoms. The molecule has 0 radical (unpaired) electrons. The van der Waals surface area contributed by atoms with E-state index < -0.39 is 20.0 Å². The van der Waals surface area contributed by atoms with Crippen LogP contribution in [0.3, 0.4) is 0 Å². The van der Waals surface area contributed by atoms with Gasteiger partial charge in [0.15, 0.2) is 0 Å². The summed E-state index contributed by atoms with van der Waals surface area (Å²) in [5, 5.41) is 0.0990. The number of nitrogens with one attached hydrogen (secondary N) is 2. The molecular formula is C13H19ClN2O4S2. The van der Waals surface area contributed by atoms with Gasteiger partial charge in [-0.2, -0.15) is 0 Å². The normalized spacial score (nSPS) is 17.0. The topological polar surface area (TPSA) is 92.3 Å². The monoisotopic (exact) mass is 366 g/mol. The van der Waals surface area contributed by atoms with Crippen LogP contribution < -0.4 is 9.44 Å². The van der Waals surface area contributed by atoms with Crippen LogP contribution in [0.2, 0.25) is 5.02 Å². The number of hydrogen-bond donors (Lipinski definition) is 2. The maximum Gasteiger partial charge on any atom is 0.242 e. The van der Waals surface area contributed by atoms with E-state index in [4.69, 9.17) is 11.6 Å². The summed E-state index contributed by atoms with van der Waals surface area (Å²) < 4.78 is 52.8. The summed E-state index contributed by atoms with van der Waals surface area (Å²) in [6.45, 7) is -0.199. The van der Waals surface area contributed by atoms with Gasteiger partial charge >= 0.3 is 0 Å². The molecule has 0 heterocycles. The molecule has 1 aromatic rings. The molecule has 0 aromatic heterocycles. The summed E-state index contributed by atoms with van der Waals surface area (Å²) in [7, 11) is -7.30. The van der Waals surface area contributed by atoms with Crippen LogP contribution in [0.1, 0.15) is 25.7 Å². The van der Waals surface area contributed by atoms with Crippen molar-refractivity contribution in [1.82, 2.24) is 9.44 Å². The lowest BCUT2D eigenvalue weighted by atomic mass is 10.3. The SMILES string of the molecule is O=S(=O)(CCNS(=O)(=O)c1ccccc1Cl)NC1CCCC1. The Morgan fingerprint density at radius 3 is 2.36 bits per heavy atom. The van der Waals surface area contributed by atoms with Crippen LogP contribution in [0.15, 0.2) is 29.2 Å². The van der Waals surface area contributed by atoms with Gasteiger partial charge in [0, 0.05) is 12.6 Å². The van der Waals surface area contributed by atoms with Gasteiger partial charge in [-0.05, 0) is 25.0 Å². The average molecular weight is 367 g/mol. The minimum atomic E-state index is -3.81. The predicted molar refractivity (Wildman–Crippen MR) is 85.8 cm³/mol. The van der Waals surface area contributed by atoms with Crippen LogP contribution in [0, 0.1) is 0 Å². The van der Waals surface area contributed by atoms with Gasteiger partial charge in [-0.15, -0.1) is 0 Å². The van der Waals surface area contributed by atoms with E-state index in [0.717, 1.165) is 25.7 Å². The summed E-state index contributed by atoms with van der Waals surface area (Å²) in [6, 6.07) is 5.99. The number of benzene rings is 1. The minimum absolute atomic E-state index is 0.0230. The van der Waals surface area contributed by atoms with Crippen molar-refractivity contribution in [3.8, 4) is 0 Å². The van der Waals surface area contributed by atoms with E-state index in [1.165, 1.54) is 12.1 Å². The molecule has 2 N–H and O–H groups in total. The Morgan fingerprint density at radius 1 is 1.09 bits per heavy atom. The molecule has 1 fully saturated rings. The zero-order chi connectivity index (χ0) is 16.2. The van der Waals surface area contributed by atoms with E-state index in [1.807, 2.05) is 0 Å². The lowest BCUT2D eigenvalue weighted by Crippen LogP contribution is -2.38. The van der Waals surface area contributed by atoms with Gasteiger partial charge in [-0.3, -0.25) is 0 Å². The highest BCUT2D eigenvalue weighted by atomic mass is 35.5. The Kier molecular flexibility index (Phi) is 5.84. The Balaban J connectivity index is 1.91. The summed E-state index contributed by atoms with van der Waals surface area (Å²) in [5.74, 6) is -0.298. The van der Waals surface area contributed by atoms with E-state index in [2.05, 4.69) is 9.44 Å². The van der Waals surface area contributed by atoms with E-state index in [1.54, 1.807) is 12.1 Å². The average Bonchev–Trinajstić information content (AvgIpc) is 2.90. The Bertz CT molecular complexity index is 713. The van der Waals surface area contributed by atoms with Gasteiger partial charge in [0.2, 0.25) is 20.0 Å². The molecule has 1 aliphatic rings. The van der Waals surface area contributed by atoms with Gasteiger partial charge in [0.25, 0.3) is 0 Å². The van der Waals surface area contributed by atoms with Crippen molar-refractivity contribution in [2.24, 2.45) is 0 Å². The van der Waals surface area contributed by atoms with Gasteiger partial charge < -0.3 is 0 Å². The second kappa shape index (κ2) is 7.27. The first-order valence-corrected chi connectivity index (χ1v) is 10.6. The fourth-order valence-corrected chi connectivity index (χ4v) is 5.32. The van der Waals surface area contributed by atoms with Crippen LogP contribution in [-0.2, 0) is 20.0 Å². The van der Waals surface area contributed by atoms with Crippen LogP contribution in [-0.4, -0.2) is 35.2 Å². The first kappa shape index (κ1) is 17.7. The quantitative estimate of drug-likeness (QED) is 0.764. The minimum Gasteiger partial charge on any atom is -0.212 e. The second-order valence-corrected chi connectivity index (χ2v) is 9.26. The molecular weight excluding hydrogens is 348 g/mol. The maximum atomic E-state index is 12.1. The summed E-state index contributed by atoms with van der Waals surface area (Å²) in [5.41, 5.74) is 0. The summed E-state index contributed by atoms with van der Waals surface area (Å²) in [4.78, 5) is -0.0576. The third kappa shape index (κ3) is 4.92. The highest BCUT2D eigenvalue weighted by Gasteiger charge is 2.22. The predicted octanol–water partition coefficient (Wildman–Crippen LogP) is 1.48. The zero-order valence-electron chi connectivity index (χ0n) is 12.0. The standard InChI is InChI=1S/C13H19ClN2O4S2/c14-12-7-3-4-8-13(12)22(19,20)15-9-10-21(17,18)16-11-5-1-2-6-11/h3-4,7-8,11,15-16H,1-2,5-6,9-10H2. The molecule has 9 heteroatoms. The van der Waals surface area contributed by atoms with E-state index in [9.17, 15) is 16.8 Å². The molecule has 1 saturated carbocycles. The van der Waals surface area contributed by atoms with Gasteiger partial charge in [-0.25, -0.2) is 26.3 Å². The van der Waals surface area contributed by atoms with Gasteiger partial charge in [0.1, 0.15) is 4.90 Å². The largest absolute Gasteiger partial charge is 0.242 e. The molecule has 0 unspecified atom stereocenters. The Hall–Kier alpha value is -0.670. The molecule has 1 aliphatic carbocycles. The van der Waals surface area contributed by atoms with Gasteiger partial charge in [0.05, 0.1) is 10.8 Å². The van der Waals surface area contributed by atoms with Crippen LogP contribution in [0.4, 0.5) is 0 Å². The number of hydrogen-bond acceptors (Lipinski definition) is 4. The van der Waals surface area contributed by atoms with Crippen molar-refractivity contribution in [2.45, 2.75) is 36.6 Å². The first-order chi connectivity index (χ1) is 10.3. The van der Waals surface area contributed by atoms with Crippen molar-refractivity contribution in [3.05, 3.63) is 29.3 Å². The second-order valence-electron chi connectivity index (χ2n) is 5.25. The first-order valence-electron chi connectivity index (χ1n) is 7.04. The number of rotatable bonds is 7. The van der Waals surface area contributed by atoms with Crippen LogP contribution in [0.5, 0.6) is 0 Å². The lowest BCUT2D eigenvalue weighted by Gasteiger charge is -2.13. The number of sulfonamides is 2. The fourth-order valence-electron chi connectivity index (χ4n) is 2.41. The smallest absolute Gasteiger partial charge is 0.212 e. The molecule has 0 aliphatic heterocycles. The van der Waals surface area contributed by atoms with Crippen molar-refractivity contribution < 1.29 is 16.8 Å². The Labute approximate surface area is 136 Å². The highest BCUT2D eigenvalue weighted by molar-refractivity contribution is 7.90.